The van der Waals surface area contributed by atoms with Gasteiger partial charge in [-0.15, -0.1) is 0 Å². The maximum Gasteiger partial charge on any atom is 0.184 e. The van der Waals surface area contributed by atoms with Gasteiger partial charge in [-0.1, -0.05) is 0 Å². The molecule has 0 bridgehead atoms. The van der Waals surface area contributed by atoms with Crippen molar-refractivity contribution in [3.63, 3.8) is 0 Å². The van der Waals surface area contributed by atoms with Crippen molar-refractivity contribution in [1.29, 1.82) is 0 Å². The number of aromatic nitrogens is 2. The van der Waals surface area contributed by atoms with Crippen molar-refractivity contribution >= 4 is 16.7 Å². The second-order valence-corrected chi connectivity index (χ2v) is 4.39. The van der Waals surface area contributed by atoms with E-state index in [1.54, 1.807) is 0 Å². The summed E-state index contributed by atoms with van der Waals surface area (Å²) in [6.07, 6.45) is 2.49. The number of rotatable bonds is 3. The molecule has 0 aliphatic carbocycles. The molecule has 108 valence electrons. The van der Waals surface area contributed by atoms with Gasteiger partial charge in [0.2, 0.25) is 0 Å². The summed E-state index contributed by atoms with van der Waals surface area (Å²) in [5.41, 5.74) is 6.03. The molecule has 3 aromatic rings. The van der Waals surface area contributed by atoms with Crippen LogP contribution in [0.4, 0.5) is 14.5 Å². The summed E-state index contributed by atoms with van der Waals surface area (Å²) < 4.78 is 34.4. The van der Waals surface area contributed by atoms with E-state index >= 15 is 0 Å². The molecule has 0 unspecified atom stereocenters. The smallest absolute Gasteiger partial charge is 0.184 e. The van der Waals surface area contributed by atoms with E-state index in [0.717, 1.165) is 12.3 Å². The number of benzene rings is 1. The third kappa shape index (κ3) is 2.27. The maximum atomic E-state index is 13.9. The molecule has 2 aromatic heterocycles. The first kappa shape index (κ1) is 13.3. The Morgan fingerprint density at radius 1 is 1.24 bits per heavy atom. The monoisotopic (exact) mass is 291 g/mol. The Morgan fingerprint density at radius 3 is 2.76 bits per heavy atom. The molecule has 21 heavy (non-hydrogen) atoms. The first-order valence-electron chi connectivity index (χ1n) is 6.07. The molecule has 0 fully saturated rings. The Labute approximate surface area is 118 Å². The Kier molecular flexibility index (Phi) is 3.19. The van der Waals surface area contributed by atoms with Gasteiger partial charge in [-0.25, -0.2) is 13.8 Å². The standard InChI is InChI=1S/C14H11F2N3O2/c15-10-5-8(17)1-2-12(10)21-13-9-3-4-19(7-20)14(9)18-6-11(13)16/h1-6,20H,7,17H2. The zero-order chi connectivity index (χ0) is 15.0. The molecule has 1 aromatic carbocycles. The van der Waals surface area contributed by atoms with Gasteiger partial charge in [0.25, 0.3) is 0 Å². The second kappa shape index (κ2) is 5.02. The zero-order valence-corrected chi connectivity index (χ0v) is 10.8. The van der Waals surface area contributed by atoms with Crippen molar-refractivity contribution < 1.29 is 18.6 Å². The Morgan fingerprint density at radius 2 is 2.05 bits per heavy atom. The van der Waals surface area contributed by atoms with E-state index < -0.39 is 11.6 Å². The molecule has 0 aliphatic rings. The molecule has 0 amide bonds. The van der Waals surface area contributed by atoms with Crippen LogP contribution in [0.25, 0.3) is 11.0 Å². The number of pyridine rings is 1. The second-order valence-electron chi connectivity index (χ2n) is 4.39. The summed E-state index contributed by atoms with van der Waals surface area (Å²) in [7, 11) is 0. The fourth-order valence-electron chi connectivity index (χ4n) is 2.02. The van der Waals surface area contributed by atoms with Crippen LogP contribution in [0.2, 0.25) is 0 Å². The molecular formula is C14H11F2N3O2. The van der Waals surface area contributed by atoms with Gasteiger partial charge in [-0.2, -0.15) is 0 Å². The predicted octanol–water partition coefficient (Wildman–Crippen LogP) is 2.64. The molecule has 3 rings (SSSR count). The Hall–Kier alpha value is -2.67. The van der Waals surface area contributed by atoms with E-state index in [2.05, 4.69) is 4.98 Å². The third-order valence-corrected chi connectivity index (χ3v) is 3.02. The van der Waals surface area contributed by atoms with E-state index in [0.29, 0.717) is 11.0 Å². The lowest BCUT2D eigenvalue weighted by atomic mass is 10.2. The summed E-state index contributed by atoms with van der Waals surface area (Å²) in [6, 6.07) is 5.39. The average molecular weight is 291 g/mol. The van der Waals surface area contributed by atoms with Crippen LogP contribution in [-0.4, -0.2) is 14.7 Å². The number of nitrogens with zero attached hydrogens (tertiary/aromatic N) is 2. The predicted molar refractivity (Wildman–Crippen MR) is 72.8 cm³/mol. The van der Waals surface area contributed by atoms with E-state index in [-0.39, 0.29) is 23.9 Å². The van der Waals surface area contributed by atoms with Crippen molar-refractivity contribution in [2.75, 3.05) is 5.73 Å². The summed E-state index contributed by atoms with van der Waals surface area (Å²) in [6.45, 7) is -0.308. The van der Waals surface area contributed by atoms with E-state index in [1.807, 2.05) is 0 Å². The number of anilines is 1. The molecule has 0 saturated carbocycles. The van der Waals surface area contributed by atoms with Crippen molar-refractivity contribution in [1.82, 2.24) is 9.55 Å². The molecule has 0 spiro atoms. The minimum Gasteiger partial charge on any atom is -0.450 e. The summed E-state index contributed by atoms with van der Waals surface area (Å²) in [4.78, 5) is 3.88. The number of hydrogen-bond acceptors (Lipinski definition) is 4. The fraction of sp³-hybridized carbons (Fsp3) is 0.0714. The van der Waals surface area contributed by atoms with Gasteiger partial charge in [0.05, 0.1) is 11.6 Å². The number of ether oxygens (including phenoxy) is 1. The number of aliphatic hydroxyl groups is 1. The van der Waals surface area contributed by atoms with Crippen LogP contribution in [0.1, 0.15) is 0 Å². The lowest BCUT2D eigenvalue weighted by Gasteiger charge is -2.09. The van der Waals surface area contributed by atoms with Gasteiger partial charge in [0, 0.05) is 18.0 Å². The van der Waals surface area contributed by atoms with Crippen molar-refractivity contribution in [3.8, 4) is 11.5 Å². The number of nitrogen functional groups attached to an aromatic ring is 1. The van der Waals surface area contributed by atoms with Crippen LogP contribution in [0, 0.1) is 11.6 Å². The number of hydrogen-bond donors (Lipinski definition) is 2. The van der Waals surface area contributed by atoms with Crippen LogP contribution in [0.5, 0.6) is 11.5 Å². The molecule has 0 saturated heterocycles. The highest BCUT2D eigenvalue weighted by Crippen LogP contribution is 2.33. The normalized spacial score (nSPS) is 11.0. The number of aliphatic hydroxyl groups excluding tert-OH is 1. The maximum absolute atomic E-state index is 13.9. The van der Waals surface area contributed by atoms with Gasteiger partial charge in [-0.3, -0.25) is 0 Å². The number of fused-ring (bicyclic) bond motifs is 1. The van der Waals surface area contributed by atoms with Gasteiger partial charge >= 0.3 is 0 Å². The summed E-state index contributed by atoms with van der Waals surface area (Å²) in [5, 5.41) is 9.50. The van der Waals surface area contributed by atoms with Gasteiger partial charge in [0.1, 0.15) is 12.4 Å². The topological polar surface area (TPSA) is 73.3 Å². The molecule has 5 nitrogen and oxygen atoms in total. The van der Waals surface area contributed by atoms with Gasteiger partial charge < -0.3 is 20.1 Å². The van der Waals surface area contributed by atoms with Crippen LogP contribution >= 0.6 is 0 Å². The highest BCUT2D eigenvalue weighted by molar-refractivity contribution is 5.83. The Balaban J connectivity index is 2.11. The highest BCUT2D eigenvalue weighted by atomic mass is 19.1. The molecular weight excluding hydrogens is 280 g/mol. The van der Waals surface area contributed by atoms with Crippen molar-refractivity contribution in [2.45, 2.75) is 6.73 Å². The number of nitrogens with two attached hydrogens (primary N) is 1. The van der Waals surface area contributed by atoms with Gasteiger partial charge in [0.15, 0.2) is 23.1 Å². The molecule has 2 heterocycles. The molecule has 0 atom stereocenters. The largest absolute Gasteiger partial charge is 0.450 e. The fourth-order valence-corrected chi connectivity index (χ4v) is 2.02. The average Bonchev–Trinajstić information content (AvgIpc) is 2.87. The third-order valence-electron chi connectivity index (χ3n) is 3.02. The first-order chi connectivity index (χ1) is 10.1. The quantitative estimate of drug-likeness (QED) is 0.728. The van der Waals surface area contributed by atoms with E-state index in [1.165, 1.54) is 29.0 Å². The minimum absolute atomic E-state index is 0.146. The minimum atomic E-state index is -0.727. The highest BCUT2D eigenvalue weighted by Gasteiger charge is 2.16. The van der Waals surface area contributed by atoms with Crippen LogP contribution in [0.15, 0.2) is 36.7 Å². The Bertz CT molecular complexity index is 817. The number of halogens is 2. The SMILES string of the molecule is Nc1ccc(Oc2c(F)cnc3c2ccn3CO)c(F)c1. The van der Waals surface area contributed by atoms with Crippen LogP contribution in [-0.2, 0) is 6.73 Å². The van der Waals surface area contributed by atoms with Crippen molar-refractivity contribution in [2.24, 2.45) is 0 Å². The molecule has 3 N–H and O–H groups in total. The lowest BCUT2D eigenvalue weighted by Crippen LogP contribution is -1.98. The molecule has 0 aliphatic heterocycles. The lowest BCUT2D eigenvalue weighted by molar-refractivity contribution is 0.215. The van der Waals surface area contributed by atoms with Crippen LogP contribution < -0.4 is 10.5 Å². The summed E-state index contributed by atoms with van der Waals surface area (Å²) >= 11 is 0. The zero-order valence-electron chi connectivity index (χ0n) is 10.8. The van der Waals surface area contributed by atoms with Crippen molar-refractivity contribution in [3.05, 3.63) is 48.3 Å². The molecule has 0 radical (unpaired) electrons. The molecule has 7 heteroatoms. The summed E-state index contributed by atoms with van der Waals surface area (Å²) in [5.74, 6) is -1.72. The van der Waals surface area contributed by atoms with Crippen LogP contribution in [0.3, 0.4) is 0 Å². The van der Waals surface area contributed by atoms with Gasteiger partial charge in [-0.05, 0) is 18.2 Å². The first-order valence-corrected chi connectivity index (χ1v) is 6.07. The van der Waals surface area contributed by atoms with E-state index in [4.69, 9.17) is 15.6 Å². The van der Waals surface area contributed by atoms with E-state index in [9.17, 15) is 8.78 Å².